The fraction of sp³-hybridized carbons (Fsp3) is 0.207. The lowest BCUT2D eigenvalue weighted by Gasteiger charge is -2.22. The van der Waals surface area contributed by atoms with Gasteiger partial charge in [-0.2, -0.15) is 0 Å². The van der Waals surface area contributed by atoms with E-state index in [1.165, 1.54) is 12.0 Å². The molecule has 0 radical (unpaired) electrons. The smallest absolute Gasteiger partial charge is 0.255 e. The zero-order chi connectivity index (χ0) is 27.1. The third-order valence-corrected chi connectivity index (χ3v) is 6.28. The molecule has 4 aromatic rings. The Morgan fingerprint density at radius 3 is 2.37 bits per heavy atom. The number of ether oxygens (including phenoxy) is 2. The number of anilines is 1. The van der Waals surface area contributed by atoms with Crippen molar-refractivity contribution >= 4 is 29.4 Å². The Balaban J connectivity index is 1.61. The van der Waals surface area contributed by atoms with E-state index >= 15 is 0 Å². The Morgan fingerprint density at radius 2 is 1.71 bits per heavy atom. The molecule has 196 valence electrons. The molecule has 0 spiro atoms. The highest BCUT2D eigenvalue weighted by atomic mass is 35.5. The first kappa shape index (κ1) is 26.9. The number of aromatic nitrogens is 2. The third-order valence-electron chi connectivity index (χ3n) is 5.95. The normalized spacial score (nSPS) is 10.7. The van der Waals surface area contributed by atoms with Gasteiger partial charge in [0.15, 0.2) is 0 Å². The number of benzene rings is 3. The number of imidazole rings is 1. The van der Waals surface area contributed by atoms with Crippen LogP contribution in [0.15, 0.2) is 79.0 Å². The molecule has 0 aliphatic carbocycles. The summed E-state index contributed by atoms with van der Waals surface area (Å²) in [6.45, 7) is 2.29. The molecular weight excluding hydrogens is 504 g/mol. The highest BCUT2D eigenvalue weighted by Gasteiger charge is 2.22. The van der Waals surface area contributed by atoms with Crippen LogP contribution in [0, 0.1) is 6.92 Å². The summed E-state index contributed by atoms with van der Waals surface area (Å²) in [5, 5.41) is 3.20. The molecule has 0 fully saturated rings. The number of halogens is 1. The van der Waals surface area contributed by atoms with Crippen molar-refractivity contribution in [2.24, 2.45) is 0 Å². The lowest BCUT2D eigenvalue weighted by Crippen LogP contribution is -2.40. The zero-order valence-corrected chi connectivity index (χ0v) is 22.2. The number of methoxy groups -OCH3 is 2. The first-order valence-corrected chi connectivity index (χ1v) is 12.4. The van der Waals surface area contributed by atoms with Crippen molar-refractivity contribution in [1.82, 2.24) is 14.5 Å². The maximum absolute atomic E-state index is 13.2. The molecular formula is C29H29ClN4O4. The van der Waals surface area contributed by atoms with Crippen LogP contribution in [0.25, 0.3) is 16.9 Å². The fourth-order valence-corrected chi connectivity index (χ4v) is 4.08. The van der Waals surface area contributed by atoms with E-state index in [1.807, 2.05) is 66.2 Å². The minimum absolute atomic E-state index is 0.202. The third kappa shape index (κ3) is 6.40. The van der Waals surface area contributed by atoms with Crippen LogP contribution in [0.1, 0.15) is 15.9 Å². The van der Waals surface area contributed by atoms with E-state index < -0.39 is 5.91 Å². The van der Waals surface area contributed by atoms with Gasteiger partial charge in [-0.25, -0.2) is 4.98 Å². The van der Waals surface area contributed by atoms with Crippen molar-refractivity contribution in [3.8, 4) is 22.7 Å². The molecule has 0 atom stereocenters. The second-order valence-corrected chi connectivity index (χ2v) is 9.04. The number of hydrogen-bond acceptors (Lipinski definition) is 5. The van der Waals surface area contributed by atoms with Crippen LogP contribution < -0.4 is 10.1 Å². The number of nitrogens with one attached hydrogen (secondary N) is 1. The van der Waals surface area contributed by atoms with Crippen molar-refractivity contribution in [2.45, 2.75) is 6.92 Å². The zero-order valence-electron chi connectivity index (χ0n) is 21.5. The van der Waals surface area contributed by atoms with Crippen molar-refractivity contribution in [3.63, 3.8) is 0 Å². The maximum atomic E-state index is 13.2. The quantitative estimate of drug-likeness (QED) is 0.302. The summed E-state index contributed by atoms with van der Waals surface area (Å²) in [6.07, 6.45) is 1.86. The van der Waals surface area contributed by atoms with Crippen LogP contribution in [-0.4, -0.2) is 60.2 Å². The van der Waals surface area contributed by atoms with Gasteiger partial charge in [0.05, 0.1) is 30.0 Å². The summed E-state index contributed by atoms with van der Waals surface area (Å²) in [5.74, 6) is 0.312. The summed E-state index contributed by atoms with van der Waals surface area (Å²) in [4.78, 5) is 32.5. The monoisotopic (exact) mass is 532 g/mol. The molecule has 0 saturated heterocycles. The van der Waals surface area contributed by atoms with Crippen LogP contribution in [-0.2, 0) is 9.53 Å². The van der Waals surface area contributed by atoms with Gasteiger partial charge >= 0.3 is 0 Å². The number of aryl methyl sites for hydroxylation is 1. The SMILES string of the molecule is COCCN(CC(=O)Nc1nc(-c2ccc(OC)cc2)cn1-c1ccc(C)cc1)C(=O)c1ccccc1Cl. The van der Waals surface area contributed by atoms with Gasteiger partial charge in [-0.3, -0.25) is 19.5 Å². The summed E-state index contributed by atoms with van der Waals surface area (Å²) in [6, 6.07) is 22.2. The molecule has 2 amide bonds. The molecule has 0 saturated carbocycles. The van der Waals surface area contributed by atoms with E-state index in [9.17, 15) is 9.59 Å². The maximum Gasteiger partial charge on any atom is 0.255 e. The first-order valence-electron chi connectivity index (χ1n) is 12.0. The summed E-state index contributed by atoms with van der Waals surface area (Å²) < 4.78 is 12.2. The molecule has 8 nitrogen and oxygen atoms in total. The molecule has 1 N–H and O–H groups in total. The lowest BCUT2D eigenvalue weighted by molar-refractivity contribution is -0.117. The molecule has 0 unspecified atom stereocenters. The Labute approximate surface area is 226 Å². The molecule has 0 bridgehead atoms. The lowest BCUT2D eigenvalue weighted by atomic mass is 10.1. The molecule has 38 heavy (non-hydrogen) atoms. The molecule has 0 aliphatic rings. The van der Waals surface area contributed by atoms with Gasteiger partial charge in [-0.05, 0) is 55.5 Å². The predicted octanol–water partition coefficient (Wildman–Crippen LogP) is 5.24. The molecule has 9 heteroatoms. The Morgan fingerprint density at radius 1 is 1.00 bits per heavy atom. The molecule has 1 heterocycles. The number of carbonyl (C=O) groups is 2. The Hall–Kier alpha value is -4.14. The summed E-state index contributed by atoms with van der Waals surface area (Å²) in [7, 11) is 3.15. The summed E-state index contributed by atoms with van der Waals surface area (Å²) >= 11 is 6.24. The van der Waals surface area contributed by atoms with Gasteiger partial charge < -0.3 is 14.4 Å². The van der Waals surface area contributed by atoms with Crippen molar-refractivity contribution < 1.29 is 19.1 Å². The topological polar surface area (TPSA) is 85.7 Å². The van der Waals surface area contributed by atoms with Crippen molar-refractivity contribution in [3.05, 3.63) is 95.1 Å². The summed E-state index contributed by atoms with van der Waals surface area (Å²) in [5.41, 5.74) is 3.80. The van der Waals surface area contributed by atoms with Crippen LogP contribution in [0.5, 0.6) is 5.75 Å². The number of nitrogens with zero attached hydrogens (tertiary/aromatic N) is 3. The minimum atomic E-state index is -0.401. The van der Waals surface area contributed by atoms with E-state index in [0.717, 1.165) is 22.6 Å². The van der Waals surface area contributed by atoms with E-state index in [1.54, 1.807) is 31.4 Å². The second kappa shape index (κ2) is 12.4. The van der Waals surface area contributed by atoms with Crippen LogP contribution in [0.4, 0.5) is 5.95 Å². The second-order valence-electron chi connectivity index (χ2n) is 8.63. The van der Waals surface area contributed by atoms with Crippen LogP contribution >= 0.6 is 11.6 Å². The van der Waals surface area contributed by atoms with E-state index in [-0.39, 0.29) is 25.6 Å². The Bertz CT molecular complexity index is 1400. The van der Waals surface area contributed by atoms with Gasteiger partial charge in [0, 0.05) is 31.1 Å². The van der Waals surface area contributed by atoms with E-state index in [4.69, 9.17) is 26.1 Å². The van der Waals surface area contributed by atoms with E-state index in [0.29, 0.717) is 22.2 Å². The number of rotatable bonds is 10. The van der Waals surface area contributed by atoms with Gasteiger partial charge in [-0.1, -0.05) is 41.4 Å². The molecule has 4 rings (SSSR count). The molecule has 0 aliphatic heterocycles. The number of amides is 2. The van der Waals surface area contributed by atoms with Crippen LogP contribution in [0.2, 0.25) is 5.02 Å². The average molecular weight is 533 g/mol. The number of carbonyl (C=O) groups excluding carboxylic acids is 2. The predicted molar refractivity (Wildman–Crippen MR) is 148 cm³/mol. The van der Waals surface area contributed by atoms with Gasteiger partial charge in [0.25, 0.3) is 5.91 Å². The minimum Gasteiger partial charge on any atom is -0.497 e. The number of hydrogen-bond donors (Lipinski definition) is 1. The van der Waals surface area contributed by atoms with Crippen molar-refractivity contribution in [1.29, 1.82) is 0 Å². The highest BCUT2D eigenvalue weighted by molar-refractivity contribution is 6.33. The van der Waals surface area contributed by atoms with Crippen LogP contribution in [0.3, 0.4) is 0 Å². The van der Waals surface area contributed by atoms with Gasteiger partial charge in [0.2, 0.25) is 11.9 Å². The van der Waals surface area contributed by atoms with E-state index in [2.05, 4.69) is 5.32 Å². The molecule has 3 aromatic carbocycles. The average Bonchev–Trinajstić information content (AvgIpc) is 3.34. The van der Waals surface area contributed by atoms with Crippen molar-refractivity contribution in [2.75, 3.05) is 39.2 Å². The first-order chi connectivity index (χ1) is 18.4. The Kier molecular flexibility index (Phi) is 8.78. The van der Waals surface area contributed by atoms with Gasteiger partial charge in [0.1, 0.15) is 12.3 Å². The fourth-order valence-electron chi connectivity index (χ4n) is 3.87. The standard InChI is InChI=1S/C29H29ClN4O4/c1-20-8-12-22(13-9-20)34-18-26(21-10-14-23(38-3)15-11-21)31-29(34)32-27(35)19-33(16-17-37-2)28(36)24-6-4-5-7-25(24)30/h4-15,18H,16-17,19H2,1-3H3,(H,31,32,35). The molecule has 1 aromatic heterocycles. The highest BCUT2D eigenvalue weighted by Crippen LogP contribution is 2.26. The van der Waals surface area contributed by atoms with Gasteiger partial charge in [-0.15, -0.1) is 0 Å². The largest absolute Gasteiger partial charge is 0.497 e.